The average molecular weight is 338 g/mol. The molecule has 0 radical (unpaired) electrons. The Hall–Kier alpha value is -2.66. The van der Waals surface area contributed by atoms with Gasteiger partial charge in [0.1, 0.15) is 6.10 Å². The molecular formula is C20H22N2O3. The van der Waals surface area contributed by atoms with Gasteiger partial charge in [-0.2, -0.15) is 0 Å². The van der Waals surface area contributed by atoms with Crippen LogP contribution in [0.5, 0.6) is 0 Å². The summed E-state index contributed by atoms with van der Waals surface area (Å²) >= 11 is 0. The molecule has 2 aromatic rings. The molecule has 0 bridgehead atoms. The van der Waals surface area contributed by atoms with E-state index in [0.717, 1.165) is 18.4 Å². The Morgan fingerprint density at radius 1 is 1.00 bits per heavy atom. The third kappa shape index (κ3) is 4.90. The Labute approximate surface area is 147 Å². The lowest BCUT2D eigenvalue weighted by molar-refractivity contribution is -0.124. The highest BCUT2D eigenvalue weighted by molar-refractivity contribution is 5.95. The first-order chi connectivity index (χ1) is 12.1. The molecule has 0 spiro atoms. The van der Waals surface area contributed by atoms with Gasteiger partial charge in [-0.05, 0) is 49.6 Å². The van der Waals surface area contributed by atoms with E-state index in [1.165, 1.54) is 5.56 Å². The zero-order valence-corrected chi connectivity index (χ0v) is 14.2. The minimum absolute atomic E-state index is 0.0694. The van der Waals surface area contributed by atoms with Gasteiger partial charge in [-0.3, -0.25) is 9.59 Å². The van der Waals surface area contributed by atoms with Crippen LogP contribution in [0.15, 0.2) is 48.5 Å². The zero-order valence-electron chi connectivity index (χ0n) is 14.2. The fourth-order valence-electron chi connectivity index (χ4n) is 2.74. The molecule has 2 aromatic carbocycles. The highest BCUT2D eigenvalue weighted by atomic mass is 16.5. The molecule has 0 unspecified atom stereocenters. The molecule has 0 saturated carbocycles. The summed E-state index contributed by atoms with van der Waals surface area (Å²) in [6, 6.07) is 15.0. The molecule has 0 aromatic heterocycles. The van der Waals surface area contributed by atoms with Crippen LogP contribution in [0.3, 0.4) is 0 Å². The van der Waals surface area contributed by atoms with Crippen molar-refractivity contribution in [2.75, 3.05) is 17.2 Å². The summed E-state index contributed by atoms with van der Waals surface area (Å²) in [5.41, 5.74) is 3.54. The molecule has 3 rings (SSSR count). The first-order valence-electron chi connectivity index (χ1n) is 8.48. The maximum absolute atomic E-state index is 12.1. The van der Waals surface area contributed by atoms with Crippen LogP contribution in [-0.2, 0) is 20.7 Å². The number of amides is 2. The highest BCUT2D eigenvalue weighted by Crippen LogP contribution is 2.17. The van der Waals surface area contributed by atoms with E-state index >= 15 is 0 Å². The number of benzene rings is 2. The van der Waals surface area contributed by atoms with Crippen molar-refractivity contribution in [1.29, 1.82) is 0 Å². The molecule has 0 aliphatic carbocycles. The zero-order chi connectivity index (χ0) is 17.6. The van der Waals surface area contributed by atoms with E-state index in [4.69, 9.17) is 4.74 Å². The molecule has 1 aliphatic rings. The lowest BCUT2D eigenvalue weighted by Gasteiger charge is -2.11. The molecule has 2 amide bonds. The van der Waals surface area contributed by atoms with Gasteiger partial charge >= 0.3 is 0 Å². The molecule has 1 atom stereocenters. The minimum Gasteiger partial charge on any atom is -0.368 e. The van der Waals surface area contributed by atoms with Crippen LogP contribution >= 0.6 is 0 Å². The van der Waals surface area contributed by atoms with Crippen LogP contribution in [0, 0.1) is 6.92 Å². The van der Waals surface area contributed by atoms with Crippen LogP contribution in [0.4, 0.5) is 11.4 Å². The fourth-order valence-corrected chi connectivity index (χ4v) is 2.74. The molecule has 1 heterocycles. The highest BCUT2D eigenvalue weighted by Gasteiger charge is 2.23. The molecule has 5 heteroatoms. The summed E-state index contributed by atoms with van der Waals surface area (Å²) in [5, 5.41) is 5.70. The van der Waals surface area contributed by atoms with Gasteiger partial charge < -0.3 is 15.4 Å². The monoisotopic (exact) mass is 338 g/mol. The summed E-state index contributed by atoms with van der Waals surface area (Å²) in [6.45, 7) is 2.66. The van der Waals surface area contributed by atoms with Crippen molar-refractivity contribution >= 4 is 23.2 Å². The summed E-state index contributed by atoms with van der Waals surface area (Å²) < 4.78 is 5.36. The number of aryl methyl sites for hydroxylation is 1. The lowest BCUT2D eigenvalue weighted by Crippen LogP contribution is -2.26. The number of ether oxygens (including phenoxy) is 1. The standard InChI is InChI=1S/C20H22N2O3/c1-14-4-6-15(7-5-14)13-19(23)21-16-8-10-17(11-9-16)22-20(24)18-3-2-12-25-18/h4-11,18H,2-3,12-13H2,1H3,(H,21,23)(H,22,24)/t18-/m1/s1. The van der Waals surface area contributed by atoms with E-state index in [1.807, 2.05) is 31.2 Å². The van der Waals surface area contributed by atoms with Crippen LogP contribution in [-0.4, -0.2) is 24.5 Å². The second-order valence-electron chi connectivity index (χ2n) is 6.28. The second-order valence-corrected chi connectivity index (χ2v) is 6.28. The largest absolute Gasteiger partial charge is 0.368 e. The molecular weight excluding hydrogens is 316 g/mol. The van der Waals surface area contributed by atoms with Crippen molar-refractivity contribution in [3.05, 3.63) is 59.7 Å². The van der Waals surface area contributed by atoms with Gasteiger partial charge in [0.05, 0.1) is 6.42 Å². The molecule has 25 heavy (non-hydrogen) atoms. The quantitative estimate of drug-likeness (QED) is 0.879. The number of hydrogen-bond acceptors (Lipinski definition) is 3. The minimum atomic E-state index is -0.353. The topological polar surface area (TPSA) is 67.4 Å². The second kappa shape index (κ2) is 7.94. The maximum Gasteiger partial charge on any atom is 0.253 e. The molecule has 1 fully saturated rings. The predicted octanol–water partition coefficient (Wildman–Crippen LogP) is 3.29. The first kappa shape index (κ1) is 17.2. The van der Waals surface area contributed by atoms with Crippen molar-refractivity contribution < 1.29 is 14.3 Å². The van der Waals surface area contributed by atoms with Gasteiger partial charge in [-0.15, -0.1) is 0 Å². The van der Waals surface area contributed by atoms with Crippen molar-refractivity contribution in [3.8, 4) is 0 Å². The van der Waals surface area contributed by atoms with Crippen molar-refractivity contribution in [2.24, 2.45) is 0 Å². The third-order valence-corrected chi connectivity index (χ3v) is 4.14. The average Bonchev–Trinajstić information content (AvgIpc) is 3.13. The molecule has 2 N–H and O–H groups in total. The Morgan fingerprint density at radius 2 is 1.64 bits per heavy atom. The maximum atomic E-state index is 12.1. The van der Waals surface area contributed by atoms with E-state index in [2.05, 4.69) is 10.6 Å². The number of nitrogens with one attached hydrogen (secondary N) is 2. The molecule has 5 nitrogen and oxygen atoms in total. The summed E-state index contributed by atoms with van der Waals surface area (Å²) in [4.78, 5) is 24.1. The molecule has 1 saturated heterocycles. The van der Waals surface area contributed by atoms with Crippen molar-refractivity contribution in [1.82, 2.24) is 0 Å². The van der Waals surface area contributed by atoms with Gasteiger partial charge in [-0.1, -0.05) is 29.8 Å². The van der Waals surface area contributed by atoms with Gasteiger partial charge in [0.15, 0.2) is 0 Å². The number of rotatable bonds is 5. The third-order valence-electron chi connectivity index (χ3n) is 4.14. The van der Waals surface area contributed by atoms with Crippen LogP contribution in [0.1, 0.15) is 24.0 Å². The Morgan fingerprint density at radius 3 is 2.24 bits per heavy atom. The number of carbonyl (C=O) groups is 2. The number of anilines is 2. The van der Waals surface area contributed by atoms with Gasteiger partial charge in [0.2, 0.25) is 5.91 Å². The van der Waals surface area contributed by atoms with Gasteiger partial charge in [0.25, 0.3) is 5.91 Å². The summed E-state index contributed by atoms with van der Waals surface area (Å²) in [6.07, 6.45) is 1.66. The van der Waals surface area contributed by atoms with E-state index in [-0.39, 0.29) is 17.9 Å². The lowest BCUT2D eigenvalue weighted by atomic mass is 10.1. The first-order valence-corrected chi connectivity index (χ1v) is 8.48. The van der Waals surface area contributed by atoms with Crippen LogP contribution in [0.2, 0.25) is 0 Å². The van der Waals surface area contributed by atoms with Crippen LogP contribution in [0.25, 0.3) is 0 Å². The predicted molar refractivity (Wildman–Crippen MR) is 97.6 cm³/mol. The molecule has 1 aliphatic heterocycles. The Balaban J connectivity index is 1.52. The Bertz CT molecular complexity index is 733. The Kier molecular flexibility index (Phi) is 5.46. The smallest absolute Gasteiger partial charge is 0.253 e. The SMILES string of the molecule is Cc1ccc(CC(=O)Nc2ccc(NC(=O)[C@H]3CCCO3)cc2)cc1. The summed E-state index contributed by atoms with van der Waals surface area (Å²) in [5.74, 6) is -0.186. The van der Waals surface area contributed by atoms with Gasteiger partial charge in [-0.25, -0.2) is 0 Å². The van der Waals surface area contributed by atoms with Crippen molar-refractivity contribution in [3.63, 3.8) is 0 Å². The van der Waals surface area contributed by atoms with Gasteiger partial charge in [0, 0.05) is 18.0 Å². The van der Waals surface area contributed by atoms with E-state index < -0.39 is 0 Å². The number of carbonyl (C=O) groups excluding carboxylic acids is 2. The van der Waals surface area contributed by atoms with E-state index in [0.29, 0.717) is 24.4 Å². The van der Waals surface area contributed by atoms with Crippen molar-refractivity contribution in [2.45, 2.75) is 32.3 Å². The van der Waals surface area contributed by atoms with E-state index in [9.17, 15) is 9.59 Å². The van der Waals surface area contributed by atoms with Crippen LogP contribution < -0.4 is 10.6 Å². The number of hydrogen-bond donors (Lipinski definition) is 2. The normalized spacial score (nSPS) is 16.4. The van der Waals surface area contributed by atoms with E-state index in [1.54, 1.807) is 24.3 Å². The molecule has 130 valence electrons. The summed E-state index contributed by atoms with van der Waals surface area (Å²) in [7, 11) is 0. The fraction of sp³-hybridized carbons (Fsp3) is 0.300.